The molecule has 1 saturated heterocycles. The molecule has 9 nitrogen and oxygen atoms in total. The molecule has 1 fully saturated rings. The average Bonchev–Trinajstić information content (AvgIpc) is 2.73. The molecule has 3 rings (SSSR count). The second-order valence-electron chi connectivity index (χ2n) is 6.57. The first-order chi connectivity index (χ1) is 13.8. The molecule has 7 N–H and O–H groups in total. The van der Waals surface area contributed by atoms with E-state index in [1.54, 1.807) is 6.08 Å². The molecule has 0 spiro atoms. The monoisotopic (exact) mass is 406 g/mol. The maximum atomic E-state index is 10.2. The van der Waals surface area contributed by atoms with Crippen LogP contribution in [0.3, 0.4) is 0 Å². The van der Waals surface area contributed by atoms with Crippen LogP contribution in [-0.4, -0.2) is 73.1 Å². The van der Waals surface area contributed by atoms with Gasteiger partial charge in [0.25, 0.3) is 0 Å². The summed E-state index contributed by atoms with van der Waals surface area (Å²) >= 11 is 0. The predicted octanol–water partition coefficient (Wildman–Crippen LogP) is 0.152. The summed E-state index contributed by atoms with van der Waals surface area (Å²) in [5.41, 5.74) is 0.942. The fraction of sp³-hybridized carbons (Fsp3) is 0.300. The molecule has 2 aromatic rings. The minimum atomic E-state index is -1.71. The Kier molecular flexibility index (Phi) is 6.26. The lowest BCUT2D eigenvalue weighted by Crippen LogP contribution is -2.60. The number of aliphatic hydroxyl groups is 4. The fourth-order valence-electron chi connectivity index (χ4n) is 2.93. The Hall–Kier alpha value is -2.82. The van der Waals surface area contributed by atoms with E-state index in [9.17, 15) is 35.7 Å². The highest BCUT2D eigenvalue weighted by molar-refractivity contribution is 5.77. The lowest BCUT2D eigenvalue weighted by Gasteiger charge is -2.39. The van der Waals surface area contributed by atoms with Gasteiger partial charge in [-0.05, 0) is 11.6 Å². The third kappa shape index (κ3) is 4.29. The van der Waals surface area contributed by atoms with Crippen molar-refractivity contribution in [2.24, 2.45) is 0 Å². The van der Waals surface area contributed by atoms with Gasteiger partial charge in [0.1, 0.15) is 24.4 Å². The van der Waals surface area contributed by atoms with E-state index in [0.717, 1.165) is 11.6 Å². The summed E-state index contributed by atoms with van der Waals surface area (Å²) in [5, 5.41) is 69.1. The highest BCUT2D eigenvalue weighted by Crippen LogP contribution is 2.46. The Morgan fingerprint density at radius 2 is 1.59 bits per heavy atom. The molecule has 1 aliphatic heterocycles. The first-order valence-electron chi connectivity index (χ1n) is 8.81. The van der Waals surface area contributed by atoms with Crippen LogP contribution in [0.5, 0.6) is 23.0 Å². The van der Waals surface area contributed by atoms with Crippen molar-refractivity contribution < 1.29 is 45.2 Å². The summed E-state index contributed by atoms with van der Waals surface area (Å²) < 4.78 is 10.7. The Labute approximate surface area is 165 Å². The van der Waals surface area contributed by atoms with E-state index in [2.05, 4.69) is 0 Å². The molecule has 0 unspecified atom stereocenters. The van der Waals surface area contributed by atoms with Crippen LogP contribution in [0.2, 0.25) is 0 Å². The van der Waals surface area contributed by atoms with Gasteiger partial charge in [-0.2, -0.15) is 0 Å². The van der Waals surface area contributed by atoms with Gasteiger partial charge in [-0.25, -0.2) is 0 Å². The lowest BCUT2D eigenvalue weighted by atomic mass is 9.99. The summed E-state index contributed by atoms with van der Waals surface area (Å²) in [4.78, 5) is 0. The molecule has 0 radical (unpaired) electrons. The Morgan fingerprint density at radius 1 is 0.897 bits per heavy atom. The highest BCUT2D eigenvalue weighted by Gasteiger charge is 2.45. The third-order valence-electron chi connectivity index (χ3n) is 4.57. The van der Waals surface area contributed by atoms with Gasteiger partial charge in [-0.3, -0.25) is 0 Å². The van der Waals surface area contributed by atoms with Crippen molar-refractivity contribution in [2.45, 2.75) is 30.7 Å². The standard InChI is InChI=1S/C20H22O9/c21-9-13-15(24)16(25)18(27)20(28-13)29-19-11(8-12(22)14(23)17(19)26)7-6-10-4-2-1-3-5-10/h1-8,13,15-16,18,20-27H,9H2/b7-6-/t13-,15-,16+,18-,20+/m0/s1. The number of phenols is 3. The first-order valence-corrected chi connectivity index (χ1v) is 8.81. The van der Waals surface area contributed by atoms with Crippen LogP contribution in [0.4, 0.5) is 0 Å². The van der Waals surface area contributed by atoms with E-state index in [0.29, 0.717) is 0 Å². The van der Waals surface area contributed by atoms with Gasteiger partial charge < -0.3 is 45.2 Å². The van der Waals surface area contributed by atoms with E-state index in [4.69, 9.17) is 9.47 Å². The van der Waals surface area contributed by atoms with Crippen molar-refractivity contribution in [1.29, 1.82) is 0 Å². The maximum Gasteiger partial charge on any atom is 0.229 e. The van der Waals surface area contributed by atoms with Crippen LogP contribution in [0, 0.1) is 0 Å². The van der Waals surface area contributed by atoms with Gasteiger partial charge in [-0.1, -0.05) is 42.5 Å². The number of hydrogen-bond acceptors (Lipinski definition) is 9. The van der Waals surface area contributed by atoms with Crippen molar-refractivity contribution in [3.63, 3.8) is 0 Å². The Bertz CT molecular complexity index is 866. The molecule has 0 amide bonds. The molecule has 2 aromatic carbocycles. The SMILES string of the molecule is OC[C@@H]1O[C@H](Oc2c(/C=C\c3ccccc3)cc(O)c(O)c2O)[C@@H](O)[C@H](O)[C@H]1O. The zero-order valence-electron chi connectivity index (χ0n) is 15.2. The number of ether oxygens (including phenoxy) is 2. The summed E-state index contributed by atoms with van der Waals surface area (Å²) in [5.74, 6) is -2.59. The van der Waals surface area contributed by atoms with Gasteiger partial charge in [0, 0.05) is 5.56 Å². The molecule has 5 atom stereocenters. The quantitative estimate of drug-likeness (QED) is 0.271. The van der Waals surface area contributed by atoms with Crippen LogP contribution >= 0.6 is 0 Å². The Morgan fingerprint density at radius 3 is 2.24 bits per heavy atom. The summed E-state index contributed by atoms with van der Waals surface area (Å²) in [6.45, 7) is -0.654. The molecule has 0 bridgehead atoms. The molecule has 0 aromatic heterocycles. The minimum Gasteiger partial charge on any atom is -0.504 e. The number of hydrogen-bond donors (Lipinski definition) is 7. The van der Waals surface area contributed by atoms with Crippen molar-refractivity contribution in [1.82, 2.24) is 0 Å². The van der Waals surface area contributed by atoms with Gasteiger partial charge >= 0.3 is 0 Å². The summed E-state index contributed by atoms with van der Waals surface area (Å²) in [6.07, 6.45) is -4.61. The maximum absolute atomic E-state index is 10.2. The van der Waals surface area contributed by atoms with Crippen LogP contribution in [-0.2, 0) is 4.74 Å². The predicted molar refractivity (Wildman–Crippen MR) is 101 cm³/mol. The van der Waals surface area contributed by atoms with Crippen LogP contribution < -0.4 is 4.74 Å². The third-order valence-corrected chi connectivity index (χ3v) is 4.57. The summed E-state index contributed by atoms with van der Waals surface area (Å²) in [6, 6.07) is 10.2. The Balaban J connectivity index is 1.95. The minimum absolute atomic E-state index is 0.138. The smallest absolute Gasteiger partial charge is 0.229 e. The number of phenolic OH excluding ortho intramolecular Hbond substituents is 3. The molecule has 0 aliphatic carbocycles. The molecule has 1 heterocycles. The lowest BCUT2D eigenvalue weighted by molar-refractivity contribution is -0.277. The zero-order chi connectivity index (χ0) is 21.1. The van der Waals surface area contributed by atoms with Crippen molar-refractivity contribution in [3.8, 4) is 23.0 Å². The van der Waals surface area contributed by atoms with Crippen molar-refractivity contribution in [2.75, 3.05) is 6.61 Å². The molecular weight excluding hydrogens is 384 g/mol. The number of benzene rings is 2. The van der Waals surface area contributed by atoms with E-state index in [-0.39, 0.29) is 11.3 Å². The van der Waals surface area contributed by atoms with E-state index >= 15 is 0 Å². The molecule has 156 valence electrons. The fourth-order valence-corrected chi connectivity index (χ4v) is 2.93. The second kappa shape index (κ2) is 8.68. The van der Waals surface area contributed by atoms with Gasteiger partial charge in [0.2, 0.25) is 17.8 Å². The van der Waals surface area contributed by atoms with Gasteiger partial charge in [0.05, 0.1) is 6.61 Å². The van der Waals surface area contributed by atoms with Crippen LogP contribution in [0.25, 0.3) is 12.2 Å². The highest BCUT2D eigenvalue weighted by atomic mass is 16.7. The molecule has 1 aliphatic rings. The van der Waals surface area contributed by atoms with E-state index in [1.165, 1.54) is 6.08 Å². The van der Waals surface area contributed by atoms with Crippen molar-refractivity contribution in [3.05, 3.63) is 47.5 Å². The first kappa shape index (κ1) is 20.9. The average molecular weight is 406 g/mol. The number of aliphatic hydroxyl groups excluding tert-OH is 4. The molecular formula is C20H22O9. The van der Waals surface area contributed by atoms with Crippen LogP contribution in [0.15, 0.2) is 36.4 Å². The molecule has 29 heavy (non-hydrogen) atoms. The zero-order valence-corrected chi connectivity index (χ0v) is 15.2. The molecule has 0 saturated carbocycles. The normalized spacial score (nSPS) is 27.2. The van der Waals surface area contributed by atoms with Gasteiger partial charge in [0.15, 0.2) is 11.5 Å². The van der Waals surface area contributed by atoms with Gasteiger partial charge in [-0.15, -0.1) is 0 Å². The molecule has 9 heteroatoms. The topological polar surface area (TPSA) is 160 Å². The second-order valence-corrected chi connectivity index (χ2v) is 6.57. The summed E-state index contributed by atoms with van der Waals surface area (Å²) in [7, 11) is 0. The van der Waals surface area contributed by atoms with Crippen LogP contribution in [0.1, 0.15) is 11.1 Å². The number of rotatable bonds is 5. The number of aromatic hydroxyl groups is 3. The largest absolute Gasteiger partial charge is 0.504 e. The van der Waals surface area contributed by atoms with Crippen molar-refractivity contribution >= 4 is 12.2 Å². The van der Waals surface area contributed by atoms with E-state index < -0.39 is 54.6 Å². The van der Waals surface area contributed by atoms with E-state index in [1.807, 2.05) is 30.3 Å².